The summed E-state index contributed by atoms with van der Waals surface area (Å²) in [7, 11) is 2.07. The molecular formula is C22H24Cl2N4O2. The van der Waals surface area contributed by atoms with Gasteiger partial charge in [0.1, 0.15) is 0 Å². The van der Waals surface area contributed by atoms with Gasteiger partial charge in [0.05, 0.1) is 6.54 Å². The molecule has 0 aliphatic carbocycles. The molecule has 6 nitrogen and oxygen atoms in total. The molecule has 0 spiro atoms. The lowest BCUT2D eigenvalue weighted by Crippen LogP contribution is -2.55. The number of nitrogens with zero attached hydrogens (tertiary/aromatic N) is 2. The van der Waals surface area contributed by atoms with Gasteiger partial charge < -0.3 is 15.5 Å². The summed E-state index contributed by atoms with van der Waals surface area (Å²) in [5.74, 6) is -0.539. The number of hydrogen-bond donors (Lipinski definition) is 2. The summed E-state index contributed by atoms with van der Waals surface area (Å²) < 4.78 is 0. The van der Waals surface area contributed by atoms with Crippen LogP contribution in [0, 0.1) is 6.92 Å². The van der Waals surface area contributed by atoms with Crippen LogP contribution in [0.5, 0.6) is 0 Å². The average molecular weight is 447 g/mol. The van der Waals surface area contributed by atoms with E-state index in [1.807, 2.05) is 13.0 Å². The smallest absolute Gasteiger partial charge is 0.259 e. The summed E-state index contributed by atoms with van der Waals surface area (Å²) in [6.45, 7) is 5.55. The molecule has 30 heavy (non-hydrogen) atoms. The van der Waals surface area contributed by atoms with E-state index in [1.54, 1.807) is 30.3 Å². The van der Waals surface area contributed by atoms with E-state index in [4.69, 9.17) is 23.2 Å². The largest absolute Gasteiger partial charge is 0.333 e. The highest BCUT2D eigenvalue weighted by atomic mass is 35.5. The number of amides is 2. The molecule has 2 N–H and O–H groups in total. The number of fused-ring (bicyclic) bond motifs is 1. The molecular weight excluding hydrogens is 423 g/mol. The van der Waals surface area contributed by atoms with Crippen molar-refractivity contribution in [3.8, 4) is 0 Å². The van der Waals surface area contributed by atoms with Gasteiger partial charge in [-0.25, -0.2) is 0 Å². The maximum atomic E-state index is 13.3. The quantitative estimate of drug-likeness (QED) is 0.757. The molecule has 1 saturated heterocycles. The van der Waals surface area contributed by atoms with Crippen molar-refractivity contribution in [3.63, 3.8) is 0 Å². The van der Waals surface area contributed by atoms with E-state index in [-0.39, 0.29) is 18.4 Å². The van der Waals surface area contributed by atoms with E-state index in [0.29, 0.717) is 26.9 Å². The van der Waals surface area contributed by atoms with Crippen LogP contribution in [0.15, 0.2) is 36.4 Å². The molecule has 2 aromatic rings. The molecule has 0 aromatic heterocycles. The van der Waals surface area contributed by atoms with Crippen LogP contribution in [-0.4, -0.2) is 61.4 Å². The molecule has 1 atom stereocenters. The third-order valence-corrected chi connectivity index (χ3v) is 6.48. The number of anilines is 1. The van der Waals surface area contributed by atoms with Gasteiger partial charge >= 0.3 is 0 Å². The fourth-order valence-corrected chi connectivity index (χ4v) is 4.45. The Morgan fingerprint density at radius 2 is 1.90 bits per heavy atom. The second kappa shape index (κ2) is 8.19. The predicted octanol–water partition coefficient (Wildman–Crippen LogP) is 2.86. The zero-order valence-electron chi connectivity index (χ0n) is 17.0. The van der Waals surface area contributed by atoms with Gasteiger partial charge in [-0.3, -0.25) is 14.5 Å². The van der Waals surface area contributed by atoms with E-state index in [9.17, 15) is 9.59 Å². The Kier molecular flexibility index (Phi) is 5.77. The first kappa shape index (κ1) is 21.1. The number of hydrogen-bond acceptors (Lipinski definition) is 4. The zero-order valence-corrected chi connectivity index (χ0v) is 18.5. The monoisotopic (exact) mass is 446 g/mol. The highest BCUT2D eigenvalue weighted by Gasteiger charge is 2.50. The minimum Gasteiger partial charge on any atom is -0.333 e. The lowest BCUT2D eigenvalue weighted by Gasteiger charge is -2.34. The third-order valence-electron chi connectivity index (χ3n) is 5.84. The Balaban J connectivity index is 1.72. The average Bonchev–Trinajstić information content (AvgIpc) is 2.96. The minimum absolute atomic E-state index is 0.213. The second-order valence-corrected chi connectivity index (χ2v) is 8.83. The van der Waals surface area contributed by atoms with Gasteiger partial charge in [-0.1, -0.05) is 35.3 Å². The number of carbonyl (C=O) groups excluding carboxylic acids is 2. The first-order valence-corrected chi connectivity index (χ1v) is 10.7. The van der Waals surface area contributed by atoms with Crippen molar-refractivity contribution in [2.24, 2.45) is 0 Å². The van der Waals surface area contributed by atoms with Crippen molar-refractivity contribution < 1.29 is 9.59 Å². The molecule has 1 fully saturated rings. The van der Waals surface area contributed by atoms with Gasteiger partial charge in [0.2, 0.25) is 5.91 Å². The van der Waals surface area contributed by atoms with E-state index in [0.717, 1.165) is 31.7 Å². The summed E-state index contributed by atoms with van der Waals surface area (Å²) in [4.78, 5) is 30.8. The Bertz CT molecular complexity index is 1000. The van der Waals surface area contributed by atoms with Gasteiger partial charge in [0, 0.05) is 47.5 Å². The van der Waals surface area contributed by atoms with Crippen LogP contribution in [0.2, 0.25) is 10.0 Å². The minimum atomic E-state index is -1.36. The number of nitrogens with one attached hydrogen (secondary N) is 2. The van der Waals surface area contributed by atoms with E-state index in [2.05, 4.69) is 27.5 Å². The molecule has 2 heterocycles. The van der Waals surface area contributed by atoms with Crippen molar-refractivity contribution in [2.75, 3.05) is 45.1 Å². The molecule has 4 rings (SSSR count). The molecule has 0 saturated carbocycles. The van der Waals surface area contributed by atoms with Crippen molar-refractivity contribution in [3.05, 3.63) is 63.1 Å². The van der Waals surface area contributed by atoms with Crippen LogP contribution in [0.1, 0.15) is 16.7 Å². The first-order valence-electron chi connectivity index (χ1n) is 9.89. The molecule has 8 heteroatoms. The number of aryl methyl sites for hydroxylation is 1. The number of carbonyl (C=O) groups is 2. The highest BCUT2D eigenvalue weighted by Crippen LogP contribution is 2.43. The van der Waals surface area contributed by atoms with Crippen molar-refractivity contribution >= 4 is 40.7 Å². The van der Waals surface area contributed by atoms with Crippen LogP contribution < -0.4 is 10.6 Å². The Morgan fingerprint density at radius 3 is 2.60 bits per heavy atom. The van der Waals surface area contributed by atoms with E-state index in [1.165, 1.54) is 0 Å². The fourth-order valence-electron chi connectivity index (χ4n) is 4.10. The SMILES string of the molecule is Cc1cc2c(cc1Cl)NC(=O)C2(NC(=O)CN1CCN(C)CC1)c1cccc(Cl)c1. The summed E-state index contributed by atoms with van der Waals surface area (Å²) in [5.41, 5.74) is 1.34. The number of rotatable bonds is 4. The number of piperazine rings is 1. The third kappa shape index (κ3) is 3.81. The maximum absolute atomic E-state index is 13.3. The van der Waals surface area contributed by atoms with Crippen LogP contribution in [0.4, 0.5) is 5.69 Å². The lowest BCUT2D eigenvalue weighted by molar-refractivity contribution is -0.129. The Labute approximate surface area is 186 Å². The maximum Gasteiger partial charge on any atom is 0.259 e. The van der Waals surface area contributed by atoms with Gasteiger partial charge in [-0.15, -0.1) is 0 Å². The summed E-state index contributed by atoms with van der Waals surface area (Å²) >= 11 is 12.5. The molecule has 2 aliphatic rings. The Morgan fingerprint density at radius 1 is 1.17 bits per heavy atom. The lowest BCUT2D eigenvalue weighted by atomic mass is 9.83. The van der Waals surface area contributed by atoms with Gasteiger partial charge in [0.15, 0.2) is 5.54 Å². The fraction of sp³-hybridized carbons (Fsp3) is 0.364. The molecule has 2 aliphatic heterocycles. The normalized spacial score (nSPS) is 21.9. The number of likely N-dealkylation sites (N-methyl/N-ethyl adjacent to an activating group) is 1. The van der Waals surface area contributed by atoms with Crippen molar-refractivity contribution in [2.45, 2.75) is 12.5 Å². The molecule has 0 radical (unpaired) electrons. The highest BCUT2D eigenvalue weighted by molar-refractivity contribution is 6.32. The first-order chi connectivity index (χ1) is 14.3. The molecule has 2 amide bonds. The predicted molar refractivity (Wildman–Crippen MR) is 119 cm³/mol. The Hall–Kier alpha value is -2.12. The number of benzene rings is 2. The van der Waals surface area contributed by atoms with E-state index >= 15 is 0 Å². The topological polar surface area (TPSA) is 64.7 Å². The molecule has 1 unspecified atom stereocenters. The van der Waals surface area contributed by atoms with Crippen LogP contribution in [0.25, 0.3) is 0 Å². The molecule has 0 bridgehead atoms. The van der Waals surface area contributed by atoms with Crippen molar-refractivity contribution in [1.29, 1.82) is 0 Å². The molecule has 158 valence electrons. The standard InChI is InChI=1S/C22H24Cl2N4O2/c1-14-10-17-19(12-18(14)24)25-21(30)22(17,15-4-3-5-16(23)11-15)26-20(29)13-28-8-6-27(2)7-9-28/h3-5,10-12H,6-9,13H2,1-2H3,(H,25,30)(H,26,29). The molecule has 2 aromatic carbocycles. The zero-order chi connectivity index (χ0) is 21.5. The van der Waals surface area contributed by atoms with Crippen LogP contribution >= 0.6 is 23.2 Å². The number of halogens is 2. The van der Waals surface area contributed by atoms with Crippen molar-refractivity contribution in [1.82, 2.24) is 15.1 Å². The van der Waals surface area contributed by atoms with Gasteiger partial charge in [-0.2, -0.15) is 0 Å². The van der Waals surface area contributed by atoms with Gasteiger partial charge in [0.25, 0.3) is 5.91 Å². The summed E-state index contributed by atoms with van der Waals surface area (Å²) in [6.07, 6.45) is 0. The van der Waals surface area contributed by atoms with Gasteiger partial charge in [-0.05, 0) is 49.4 Å². The summed E-state index contributed by atoms with van der Waals surface area (Å²) in [5, 5.41) is 6.97. The van der Waals surface area contributed by atoms with Crippen LogP contribution in [0.3, 0.4) is 0 Å². The second-order valence-electron chi connectivity index (χ2n) is 7.99. The summed E-state index contributed by atoms with van der Waals surface area (Å²) in [6, 6.07) is 10.6. The van der Waals surface area contributed by atoms with Crippen LogP contribution in [-0.2, 0) is 15.1 Å². The van der Waals surface area contributed by atoms with E-state index < -0.39 is 5.54 Å².